The average molecular weight is 352 g/mol. The van der Waals surface area contributed by atoms with E-state index in [1.165, 1.54) is 18.2 Å². The number of carbonyl (C=O) groups excluding carboxylic acids is 2. The molecule has 0 aromatic carbocycles. The van der Waals surface area contributed by atoms with Crippen molar-refractivity contribution in [2.24, 2.45) is 5.73 Å². The van der Waals surface area contributed by atoms with Gasteiger partial charge in [-0.05, 0) is 32.1 Å². The van der Waals surface area contributed by atoms with E-state index in [0.717, 1.165) is 38.8 Å². The van der Waals surface area contributed by atoms with Crippen LogP contribution in [0.4, 0.5) is 0 Å². The number of carbonyl (C=O) groups is 2. The summed E-state index contributed by atoms with van der Waals surface area (Å²) < 4.78 is 0. The number of hydrogen-bond acceptors (Lipinski definition) is 4. The van der Waals surface area contributed by atoms with Gasteiger partial charge in [0.25, 0.3) is 0 Å². The van der Waals surface area contributed by atoms with Gasteiger partial charge in [-0.25, -0.2) is 0 Å². The highest BCUT2D eigenvalue weighted by molar-refractivity contribution is 8.00. The molecule has 1 rings (SSSR count). The molecule has 1 heterocycles. The Morgan fingerprint density at radius 2 is 1.73 bits per heavy atom. The van der Waals surface area contributed by atoms with E-state index in [1.54, 1.807) is 0 Å². The Labute approximate surface area is 144 Å². The summed E-state index contributed by atoms with van der Waals surface area (Å²) in [4.78, 5) is 25.6. The Morgan fingerprint density at radius 1 is 1.14 bits per heavy atom. The molecule has 0 atom stereocenters. The molecule has 130 valence electrons. The van der Waals surface area contributed by atoms with Crippen molar-refractivity contribution in [3.05, 3.63) is 0 Å². The van der Waals surface area contributed by atoms with E-state index in [9.17, 15) is 9.59 Å². The predicted molar refractivity (Wildman–Crippen MR) is 95.5 cm³/mol. The molecule has 0 radical (unpaired) electrons. The highest BCUT2D eigenvalue weighted by atomic mass is 35.5. The van der Waals surface area contributed by atoms with Crippen LogP contribution in [0.5, 0.6) is 0 Å². The third-order valence-electron chi connectivity index (χ3n) is 4.21. The molecular weight excluding hydrogens is 322 g/mol. The lowest BCUT2D eigenvalue weighted by atomic mass is 9.94. The van der Waals surface area contributed by atoms with E-state index in [2.05, 4.69) is 5.32 Å². The van der Waals surface area contributed by atoms with Crippen LogP contribution < -0.4 is 11.1 Å². The first-order valence-electron chi connectivity index (χ1n) is 7.92. The maximum Gasteiger partial charge on any atom is 0.232 e. The molecule has 0 aromatic rings. The van der Waals surface area contributed by atoms with Gasteiger partial charge in [-0.2, -0.15) is 0 Å². The van der Waals surface area contributed by atoms with Crippen LogP contribution in [0, 0.1) is 0 Å². The van der Waals surface area contributed by atoms with Crippen molar-refractivity contribution in [3.63, 3.8) is 0 Å². The lowest BCUT2D eigenvalue weighted by Crippen LogP contribution is -2.49. The monoisotopic (exact) mass is 351 g/mol. The molecule has 1 aliphatic heterocycles. The second-order valence-electron chi connectivity index (χ2n) is 5.78. The van der Waals surface area contributed by atoms with Crippen LogP contribution >= 0.6 is 24.2 Å². The van der Waals surface area contributed by atoms with E-state index in [1.807, 2.05) is 18.7 Å². The Hall–Kier alpha value is -0.460. The number of thioether (sulfide) groups is 1. The zero-order valence-corrected chi connectivity index (χ0v) is 15.4. The van der Waals surface area contributed by atoms with E-state index in [4.69, 9.17) is 5.73 Å². The van der Waals surface area contributed by atoms with Crippen molar-refractivity contribution < 1.29 is 9.59 Å². The van der Waals surface area contributed by atoms with Crippen molar-refractivity contribution >= 4 is 36.0 Å². The summed E-state index contributed by atoms with van der Waals surface area (Å²) in [6.45, 7) is 6.30. The Morgan fingerprint density at radius 3 is 2.27 bits per heavy atom. The van der Waals surface area contributed by atoms with Crippen LogP contribution in [0.2, 0.25) is 0 Å². The van der Waals surface area contributed by atoms with Gasteiger partial charge in [-0.15, -0.1) is 24.2 Å². The second kappa shape index (κ2) is 11.1. The molecule has 1 fully saturated rings. The summed E-state index contributed by atoms with van der Waals surface area (Å²) in [7, 11) is 0. The molecule has 0 saturated carbocycles. The maximum absolute atomic E-state index is 11.9. The van der Waals surface area contributed by atoms with Gasteiger partial charge in [0.15, 0.2) is 0 Å². The van der Waals surface area contributed by atoms with Gasteiger partial charge in [-0.1, -0.05) is 13.8 Å². The highest BCUT2D eigenvalue weighted by Crippen LogP contribution is 2.12. The fraction of sp³-hybridized carbons (Fsp3) is 0.867. The molecule has 0 spiro atoms. The van der Waals surface area contributed by atoms with Gasteiger partial charge in [-0.3, -0.25) is 9.59 Å². The Bertz CT molecular complexity index is 346. The maximum atomic E-state index is 11.9. The molecule has 22 heavy (non-hydrogen) atoms. The summed E-state index contributed by atoms with van der Waals surface area (Å²) >= 11 is 1.38. The number of halogens is 1. The number of nitrogens with one attached hydrogen (secondary N) is 1. The zero-order chi connectivity index (χ0) is 15.7. The number of rotatable bonds is 8. The molecule has 5 nitrogen and oxygen atoms in total. The van der Waals surface area contributed by atoms with Crippen LogP contribution in [0.15, 0.2) is 0 Å². The molecule has 1 aliphatic rings. The van der Waals surface area contributed by atoms with E-state index in [-0.39, 0.29) is 29.8 Å². The van der Waals surface area contributed by atoms with Crippen LogP contribution in [0.1, 0.15) is 46.0 Å². The number of likely N-dealkylation sites (tertiary alicyclic amines) is 1. The quantitative estimate of drug-likeness (QED) is 0.699. The predicted octanol–water partition coefficient (Wildman–Crippen LogP) is 1.79. The smallest absolute Gasteiger partial charge is 0.232 e. The second-order valence-corrected chi connectivity index (χ2v) is 6.77. The molecule has 7 heteroatoms. The Kier molecular flexibility index (Phi) is 10.9. The topological polar surface area (TPSA) is 75.4 Å². The third-order valence-corrected chi connectivity index (χ3v) is 5.13. The minimum absolute atomic E-state index is 0. The van der Waals surface area contributed by atoms with Crippen molar-refractivity contribution in [3.8, 4) is 0 Å². The highest BCUT2D eigenvalue weighted by Gasteiger charge is 2.21. The van der Waals surface area contributed by atoms with Crippen molar-refractivity contribution in [1.29, 1.82) is 0 Å². The molecule has 0 bridgehead atoms. The van der Waals surface area contributed by atoms with Gasteiger partial charge in [0.1, 0.15) is 0 Å². The summed E-state index contributed by atoms with van der Waals surface area (Å²) in [6, 6.07) is 0. The first-order chi connectivity index (χ1) is 10.0. The van der Waals surface area contributed by atoms with E-state index in [0.29, 0.717) is 18.1 Å². The minimum Gasteiger partial charge on any atom is -0.354 e. The average Bonchev–Trinajstić information content (AvgIpc) is 2.53. The fourth-order valence-electron chi connectivity index (χ4n) is 2.29. The molecule has 1 saturated heterocycles. The summed E-state index contributed by atoms with van der Waals surface area (Å²) in [5.41, 5.74) is 5.82. The first-order valence-corrected chi connectivity index (χ1v) is 9.07. The normalized spacial score (nSPS) is 15.1. The molecule has 0 aliphatic carbocycles. The Balaban J connectivity index is 0.00000441. The number of amides is 2. The van der Waals surface area contributed by atoms with Gasteiger partial charge >= 0.3 is 0 Å². The SMILES string of the molecule is CCC(N)(CC)CNC(=O)CSCC(=O)N1CCCCC1.Cl. The fourth-order valence-corrected chi connectivity index (χ4v) is 3.04. The van der Waals surface area contributed by atoms with Gasteiger partial charge < -0.3 is 16.0 Å². The summed E-state index contributed by atoms with van der Waals surface area (Å²) in [5, 5.41) is 2.87. The van der Waals surface area contributed by atoms with E-state index < -0.39 is 0 Å². The van der Waals surface area contributed by atoms with Crippen LogP contribution in [-0.2, 0) is 9.59 Å². The van der Waals surface area contributed by atoms with Crippen LogP contribution in [0.25, 0.3) is 0 Å². The van der Waals surface area contributed by atoms with Crippen LogP contribution in [0.3, 0.4) is 0 Å². The molecule has 0 aromatic heterocycles. The van der Waals surface area contributed by atoms with Gasteiger partial charge in [0.05, 0.1) is 11.5 Å². The van der Waals surface area contributed by atoms with E-state index >= 15 is 0 Å². The summed E-state index contributed by atoms with van der Waals surface area (Å²) in [6.07, 6.45) is 5.09. The number of hydrogen-bond donors (Lipinski definition) is 2. The molecule has 2 amide bonds. The largest absolute Gasteiger partial charge is 0.354 e. The molecule has 3 N–H and O–H groups in total. The van der Waals surface area contributed by atoms with Crippen molar-refractivity contribution in [1.82, 2.24) is 10.2 Å². The third kappa shape index (κ3) is 7.70. The van der Waals surface area contributed by atoms with Crippen molar-refractivity contribution in [2.75, 3.05) is 31.1 Å². The lowest BCUT2D eigenvalue weighted by molar-refractivity contribution is -0.129. The van der Waals surface area contributed by atoms with Crippen molar-refractivity contribution in [2.45, 2.75) is 51.5 Å². The number of nitrogens with two attached hydrogens (primary N) is 1. The summed E-state index contributed by atoms with van der Waals surface area (Å²) in [5.74, 6) is 0.831. The minimum atomic E-state index is -0.316. The zero-order valence-electron chi connectivity index (χ0n) is 13.7. The van der Waals surface area contributed by atoms with Gasteiger partial charge in [0.2, 0.25) is 11.8 Å². The molecule has 0 unspecified atom stereocenters. The standard InChI is InChI=1S/C15H29N3O2S.ClH/c1-3-15(16,4-2)12-17-13(19)10-21-11-14(20)18-8-6-5-7-9-18;/h3-12,16H2,1-2H3,(H,17,19);1H. The van der Waals surface area contributed by atoms with Crippen LogP contribution in [-0.4, -0.2) is 53.4 Å². The number of nitrogens with zero attached hydrogens (tertiary/aromatic N) is 1. The lowest BCUT2D eigenvalue weighted by Gasteiger charge is -2.27. The number of piperidine rings is 1. The molecular formula is C15H30ClN3O2S. The van der Waals surface area contributed by atoms with Gasteiger partial charge in [0, 0.05) is 25.2 Å². The first kappa shape index (κ1) is 21.5.